The average molecular weight is 405 g/mol. The van der Waals surface area contributed by atoms with Crippen LogP contribution in [0.1, 0.15) is 91.4 Å². The van der Waals surface area contributed by atoms with Gasteiger partial charge in [-0.15, -0.1) is 0 Å². The summed E-state index contributed by atoms with van der Waals surface area (Å²) in [5, 5.41) is 0. The summed E-state index contributed by atoms with van der Waals surface area (Å²) in [6, 6.07) is 0.557. The van der Waals surface area contributed by atoms with Gasteiger partial charge in [-0.1, -0.05) is 65.7 Å². The largest absolute Gasteiger partial charge is 0.368 e. The van der Waals surface area contributed by atoms with Crippen LogP contribution in [0.25, 0.3) is 0 Å². The summed E-state index contributed by atoms with van der Waals surface area (Å²) < 4.78 is 14.6. The minimum absolute atomic E-state index is 0.178. The molecular formula is C26H45FN2. The molecule has 1 fully saturated rings. The van der Waals surface area contributed by atoms with Gasteiger partial charge in [0.1, 0.15) is 5.83 Å². The third-order valence-electron chi connectivity index (χ3n) is 5.91. The highest BCUT2D eigenvalue weighted by Gasteiger charge is 2.31. The van der Waals surface area contributed by atoms with E-state index in [9.17, 15) is 4.39 Å². The molecule has 0 amide bonds. The second kappa shape index (κ2) is 14.6. The van der Waals surface area contributed by atoms with Gasteiger partial charge in [0.05, 0.1) is 0 Å². The van der Waals surface area contributed by atoms with Gasteiger partial charge in [-0.25, -0.2) is 4.39 Å². The molecule has 0 spiro atoms. The lowest BCUT2D eigenvalue weighted by atomic mass is 10.00. The topological polar surface area (TPSA) is 29.3 Å². The molecule has 1 rings (SSSR count). The molecule has 1 aliphatic carbocycles. The Morgan fingerprint density at radius 3 is 2.41 bits per heavy atom. The Labute approximate surface area is 179 Å². The quantitative estimate of drug-likeness (QED) is 0.201. The molecule has 2 nitrogen and oxygen atoms in total. The molecule has 0 saturated heterocycles. The van der Waals surface area contributed by atoms with E-state index in [-0.39, 0.29) is 5.83 Å². The van der Waals surface area contributed by atoms with Crippen LogP contribution in [0.2, 0.25) is 0 Å². The van der Waals surface area contributed by atoms with Crippen LogP contribution in [-0.2, 0) is 0 Å². The molecule has 0 aliphatic heterocycles. The summed E-state index contributed by atoms with van der Waals surface area (Å²) in [5.74, 6) is 0.233. The molecule has 1 atom stereocenters. The first-order chi connectivity index (χ1) is 13.9. The summed E-state index contributed by atoms with van der Waals surface area (Å²) in [5.41, 5.74) is 8.51. The van der Waals surface area contributed by atoms with Gasteiger partial charge in [0, 0.05) is 18.3 Å². The van der Waals surface area contributed by atoms with Crippen molar-refractivity contribution in [3.05, 3.63) is 48.0 Å². The standard InChI is InChI=1S/C26H45FN2/c1-6-8-9-10-11-12-15-24(19-26(27)21(3)7-2)20-29(25-16-17-25)23(5)22(4)14-13-18-28/h15,19,22,25H,3,5-14,16-18,20,28H2,1-2,4H3/b24-15+,26-19+. The molecule has 1 aliphatic rings. The molecule has 0 aromatic carbocycles. The minimum Gasteiger partial charge on any atom is -0.368 e. The van der Waals surface area contributed by atoms with Crippen LogP contribution >= 0.6 is 0 Å². The van der Waals surface area contributed by atoms with Crippen molar-refractivity contribution in [1.29, 1.82) is 0 Å². The number of nitrogens with zero attached hydrogens (tertiary/aromatic N) is 1. The van der Waals surface area contributed by atoms with Crippen molar-refractivity contribution in [2.24, 2.45) is 11.7 Å². The zero-order valence-electron chi connectivity index (χ0n) is 19.3. The zero-order chi connectivity index (χ0) is 21.6. The molecule has 1 unspecified atom stereocenters. The van der Waals surface area contributed by atoms with Gasteiger partial charge in [-0.05, 0) is 74.6 Å². The predicted molar refractivity (Wildman–Crippen MR) is 126 cm³/mol. The number of nitrogens with two attached hydrogens (primary N) is 1. The fourth-order valence-corrected chi connectivity index (χ4v) is 3.56. The normalized spacial score (nSPS) is 16.0. The van der Waals surface area contributed by atoms with Crippen molar-refractivity contribution in [3.8, 4) is 0 Å². The van der Waals surface area contributed by atoms with Crippen LogP contribution in [0.15, 0.2) is 48.0 Å². The Morgan fingerprint density at radius 1 is 1.14 bits per heavy atom. The van der Waals surface area contributed by atoms with Crippen LogP contribution in [-0.4, -0.2) is 24.0 Å². The number of unbranched alkanes of at least 4 members (excludes halogenated alkanes) is 5. The second-order valence-electron chi connectivity index (χ2n) is 8.61. The Bertz CT molecular complexity index is 557. The molecule has 0 aromatic heterocycles. The first-order valence-electron chi connectivity index (χ1n) is 11.8. The molecule has 3 heteroatoms. The van der Waals surface area contributed by atoms with Crippen molar-refractivity contribution >= 4 is 0 Å². The molecule has 166 valence electrons. The zero-order valence-corrected chi connectivity index (χ0v) is 19.3. The lowest BCUT2D eigenvalue weighted by Crippen LogP contribution is -2.30. The summed E-state index contributed by atoms with van der Waals surface area (Å²) in [6.45, 7) is 16.2. The van der Waals surface area contributed by atoms with Crippen molar-refractivity contribution in [3.63, 3.8) is 0 Å². The molecule has 0 aromatic rings. The highest BCUT2D eigenvalue weighted by Crippen LogP contribution is 2.34. The van der Waals surface area contributed by atoms with Crippen LogP contribution < -0.4 is 5.73 Å². The molecule has 2 N–H and O–H groups in total. The fraction of sp³-hybridized carbons (Fsp3) is 0.692. The van der Waals surface area contributed by atoms with E-state index < -0.39 is 0 Å². The van der Waals surface area contributed by atoms with Crippen molar-refractivity contribution < 1.29 is 4.39 Å². The number of allylic oxidation sites excluding steroid dienone is 4. The molecule has 0 heterocycles. The van der Waals surface area contributed by atoms with Crippen LogP contribution in [0.3, 0.4) is 0 Å². The molecule has 0 radical (unpaired) electrons. The van der Waals surface area contributed by atoms with Crippen molar-refractivity contribution in [2.75, 3.05) is 13.1 Å². The number of hydrogen-bond acceptors (Lipinski definition) is 2. The van der Waals surface area contributed by atoms with Crippen molar-refractivity contribution in [2.45, 2.75) is 97.4 Å². The maximum Gasteiger partial charge on any atom is 0.126 e. The molecular weight excluding hydrogens is 359 g/mol. The van der Waals surface area contributed by atoms with Gasteiger partial charge in [0.15, 0.2) is 0 Å². The number of rotatable bonds is 17. The maximum absolute atomic E-state index is 14.6. The average Bonchev–Trinajstić information content (AvgIpc) is 3.56. The van der Waals surface area contributed by atoms with Crippen LogP contribution in [0.5, 0.6) is 0 Å². The summed E-state index contributed by atoms with van der Waals surface area (Å²) >= 11 is 0. The van der Waals surface area contributed by atoms with Gasteiger partial charge in [0.25, 0.3) is 0 Å². The first-order valence-corrected chi connectivity index (χ1v) is 11.8. The number of hydrogen-bond donors (Lipinski definition) is 1. The Hall–Kier alpha value is -1.35. The van der Waals surface area contributed by atoms with E-state index in [0.717, 1.165) is 37.9 Å². The molecule has 1 saturated carbocycles. The highest BCUT2D eigenvalue weighted by atomic mass is 19.1. The van der Waals surface area contributed by atoms with Crippen LogP contribution in [0, 0.1) is 5.92 Å². The Morgan fingerprint density at radius 2 is 1.83 bits per heavy atom. The van der Waals surface area contributed by atoms with E-state index >= 15 is 0 Å². The first kappa shape index (κ1) is 25.7. The fourth-order valence-electron chi connectivity index (χ4n) is 3.56. The summed E-state index contributed by atoms with van der Waals surface area (Å²) in [7, 11) is 0. The van der Waals surface area contributed by atoms with Gasteiger partial charge in [-0.2, -0.15) is 0 Å². The minimum atomic E-state index is -0.178. The van der Waals surface area contributed by atoms with E-state index in [1.54, 1.807) is 6.08 Å². The SMILES string of the molecule is C=C(CC)/C(F)=C\C(=C/CCCCCCC)CN(C(=C)C(C)CCCN)C1CC1. The van der Waals surface area contributed by atoms with Gasteiger partial charge in [-0.3, -0.25) is 0 Å². The monoisotopic (exact) mass is 404 g/mol. The Balaban J connectivity index is 2.85. The smallest absolute Gasteiger partial charge is 0.126 e. The lowest BCUT2D eigenvalue weighted by Gasteiger charge is -2.31. The number of halogens is 1. The maximum atomic E-state index is 14.6. The van der Waals surface area contributed by atoms with Crippen molar-refractivity contribution in [1.82, 2.24) is 4.90 Å². The summed E-state index contributed by atoms with van der Waals surface area (Å²) in [4.78, 5) is 2.42. The second-order valence-corrected chi connectivity index (χ2v) is 8.61. The van der Waals surface area contributed by atoms with E-state index in [1.807, 2.05) is 6.92 Å². The van der Waals surface area contributed by atoms with Gasteiger partial charge >= 0.3 is 0 Å². The third kappa shape index (κ3) is 10.3. The Kier molecular flexibility index (Phi) is 12.9. The predicted octanol–water partition coefficient (Wildman–Crippen LogP) is 7.45. The van der Waals surface area contributed by atoms with E-state index in [1.165, 1.54) is 50.6 Å². The van der Waals surface area contributed by atoms with E-state index in [0.29, 0.717) is 24.0 Å². The highest BCUT2D eigenvalue weighted by molar-refractivity contribution is 5.32. The van der Waals surface area contributed by atoms with Crippen LogP contribution in [0.4, 0.5) is 4.39 Å². The van der Waals surface area contributed by atoms with Gasteiger partial charge in [0.2, 0.25) is 0 Å². The van der Waals surface area contributed by atoms with E-state index in [4.69, 9.17) is 5.73 Å². The summed E-state index contributed by atoms with van der Waals surface area (Å²) in [6.07, 6.45) is 16.4. The molecule has 29 heavy (non-hydrogen) atoms. The molecule has 0 bridgehead atoms. The van der Waals surface area contributed by atoms with E-state index in [2.05, 4.69) is 38.0 Å². The third-order valence-corrected chi connectivity index (χ3v) is 5.91. The lowest BCUT2D eigenvalue weighted by molar-refractivity contribution is 0.315. The van der Waals surface area contributed by atoms with Gasteiger partial charge < -0.3 is 10.6 Å².